The third-order valence-corrected chi connectivity index (χ3v) is 2.72. The SMILES string of the molecule is Cc1ccc(-c2cc(C(=O)N/N=C\c3ccco3)n[nH]2)o1. The number of aromatic amines is 1. The zero-order valence-corrected chi connectivity index (χ0v) is 11.2. The fourth-order valence-corrected chi connectivity index (χ4v) is 1.72. The number of furan rings is 2. The van der Waals surface area contributed by atoms with Gasteiger partial charge in [0.25, 0.3) is 5.91 Å². The highest BCUT2D eigenvalue weighted by molar-refractivity contribution is 5.93. The summed E-state index contributed by atoms with van der Waals surface area (Å²) in [6, 6.07) is 8.69. The first-order valence-corrected chi connectivity index (χ1v) is 6.21. The van der Waals surface area contributed by atoms with Gasteiger partial charge < -0.3 is 8.83 Å². The second-order valence-electron chi connectivity index (χ2n) is 4.29. The van der Waals surface area contributed by atoms with E-state index in [0.717, 1.165) is 5.76 Å². The molecular formula is C14H12N4O3. The summed E-state index contributed by atoms with van der Waals surface area (Å²) in [5.41, 5.74) is 3.21. The quantitative estimate of drug-likeness (QED) is 0.567. The number of hydrogen-bond acceptors (Lipinski definition) is 5. The first kappa shape index (κ1) is 12.9. The Hall–Kier alpha value is -3.09. The molecule has 0 aromatic carbocycles. The molecule has 0 bridgehead atoms. The van der Waals surface area contributed by atoms with Crippen LogP contribution in [-0.4, -0.2) is 22.3 Å². The smallest absolute Gasteiger partial charge is 0.291 e. The minimum Gasteiger partial charge on any atom is -0.463 e. The largest absolute Gasteiger partial charge is 0.463 e. The van der Waals surface area contributed by atoms with E-state index >= 15 is 0 Å². The predicted octanol–water partition coefficient (Wildman–Crippen LogP) is 2.34. The molecule has 3 aromatic heterocycles. The van der Waals surface area contributed by atoms with Crippen LogP contribution in [-0.2, 0) is 0 Å². The number of aryl methyl sites for hydroxylation is 1. The van der Waals surface area contributed by atoms with E-state index in [2.05, 4.69) is 20.7 Å². The molecule has 7 nitrogen and oxygen atoms in total. The van der Waals surface area contributed by atoms with E-state index in [9.17, 15) is 4.79 Å². The van der Waals surface area contributed by atoms with Gasteiger partial charge in [-0.1, -0.05) is 0 Å². The van der Waals surface area contributed by atoms with Gasteiger partial charge >= 0.3 is 0 Å². The maximum atomic E-state index is 11.9. The van der Waals surface area contributed by atoms with Crippen molar-refractivity contribution in [3.8, 4) is 11.5 Å². The zero-order chi connectivity index (χ0) is 14.7. The highest BCUT2D eigenvalue weighted by atomic mass is 16.3. The minimum absolute atomic E-state index is 0.218. The normalized spacial score (nSPS) is 11.1. The van der Waals surface area contributed by atoms with Gasteiger partial charge in [0, 0.05) is 6.07 Å². The maximum absolute atomic E-state index is 11.9. The molecule has 1 amide bonds. The second kappa shape index (κ2) is 5.49. The van der Waals surface area contributed by atoms with Crippen LogP contribution in [0.2, 0.25) is 0 Å². The molecule has 7 heteroatoms. The molecule has 0 radical (unpaired) electrons. The van der Waals surface area contributed by atoms with E-state index < -0.39 is 5.91 Å². The van der Waals surface area contributed by atoms with Crippen LogP contribution >= 0.6 is 0 Å². The summed E-state index contributed by atoms with van der Waals surface area (Å²) in [7, 11) is 0. The van der Waals surface area contributed by atoms with Gasteiger partial charge in [-0.05, 0) is 31.2 Å². The number of H-pyrrole nitrogens is 1. The molecule has 0 fully saturated rings. The lowest BCUT2D eigenvalue weighted by molar-refractivity contribution is 0.0950. The molecule has 3 aromatic rings. The number of aromatic nitrogens is 2. The number of hydrazone groups is 1. The van der Waals surface area contributed by atoms with Crippen molar-refractivity contribution in [3.63, 3.8) is 0 Å². The second-order valence-corrected chi connectivity index (χ2v) is 4.29. The van der Waals surface area contributed by atoms with E-state index in [4.69, 9.17) is 8.83 Å². The van der Waals surface area contributed by atoms with Crippen LogP contribution in [0, 0.1) is 6.92 Å². The third-order valence-electron chi connectivity index (χ3n) is 2.72. The summed E-state index contributed by atoms with van der Waals surface area (Å²) in [5.74, 6) is 1.53. The molecule has 3 heterocycles. The van der Waals surface area contributed by atoms with Crippen molar-refractivity contribution >= 4 is 12.1 Å². The van der Waals surface area contributed by atoms with E-state index in [0.29, 0.717) is 17.2 Å². The number of nitrogens with zero attached hydrogens (tertiary/aromatic N) is 2. The van der Waals surface area contributed by atoms with Gasteiger partial charge in [0.15, 0.2) is 11.5 Å². The lowest BCUT2D eigenvalue weighted by Gasteiger charge is -1.93. The van der Waals surface area contributed by atoms with Crippen LogP contribution in [0.1, 0.15) is 22.0 Å². The van der Waals surface area contributed by atoms with Crippen LogP contribution in [0.15, 0.2) is 50.5 Å². The maximum Gasteiger partial charge on any atom is 0.291 e. The molecule has 0 saturated heterocycles. The molecule has 0 unspecified atom stereocenters. The zero-order valence-electron chi connectivity index (χ0n) is 11.2. The monoisotopic (exact) mass is 284 g/mol. The third kappa shape index (κ3) is 2.92. The molecule has 0 aliphatic carbocycles. The van der Waals surface area contributed by atoms with Gasteiger partial charge in [0.1, 0.15) is 17.2 Å². The van der Waals surface area contributed by atoms with Crippen molar-refractivity contribution < 1.29 is 13.6 Å². The Labute approximate surface area is 119 Å². The van der Waals surface area contributed by atoms with E-state index in [-0.39, 0.29) is 5.69 Å². The fraction of sp³-hybridized carbons (Fsp3) is 0.0714. The summed E-state index contributed by atoms with van der Waals surface area (Å²) in [6.45, 7) is 1.84. The Morgan fingerprint density at radius 3 is 3.05 bits per heavy atom. The first-order chi connectivity index (χ1) is 10.2. The topological polar surface area (TPSA) is 96.4 Å². The molecule has 0 saturated carbocycles. The Bertz CT molecular complexity index is 768. The van der Waals surface area contributed by atoms with Gasteiger partial charge in [0.05, 0.1) is 12.5 Å². The van der Waals surface area contributed by atoms with Crippen molar-refractivity contribution in [1.82, 2.24) is 15.6 Å². The number of hydrogen-bond donors (Lipinski definition) is 2. The number of carbonyl (C=O) groups is 1. The molecule has 106 valence electrons. The predicted molar refractivity (Wildman–Crippen MR) is 74.8 cm³/mol. The molecule has 3 rings (SSSR count). The van der Waals surface area contributed by atoms with E-state index in [1.54, 1.807) is 24.3 Å². The van der Waals surface area contributed by atoms with Crippen LogP contribution in [0.3, 0.4) is 0 Å². The molecule has 0 atom stereocenters. The van der Waals surface area contributed by atoms with Gasteiger partial charge in [0.2, 0.25) is 0 Å². The summed E-state index contributed by atoms with van der Waals surface area (Å²) in [4.78, 5) is 11.9. The standard InChI is InChI=1S/C14H12N4O3/c1-9-4-5-13(21-9)11-7-12(17-16-11)14(19)18-15-8-10-3-2-6-20-10/h2-8H,1H3,(H,16,17)(H,18,19)/b15-8-. The number of rotatable bonds is 4. The molecule has 2 N–H and O–H groups in total. The average Bonchev–Trinajstić information content (AvgIpc) is 3.19. The first-order valence-electron chi connectivity index (χ1n) is 6.21. The summed E-state index contributed by atoms with van der Waals surface area (Å²) in [6.07, 6.45) is 2.93. The molecule has 0 spiro atoms. The fourth-order valence-electron chi connectivity index (χ4n) is 1.72. The van der Waals surface area contributed by atoms with Gasteiger partial charge in [-0.3, -0.25) is 9.89 Å². The van der Waals surface area contributed by atoms with Crippen LogP contribution in [0.5, 0.6) is 0 Å². The van der Waals surface area contributed by atoms with Crippen molar-refractivity contribution in [2.75, 3.05) is 0 Å². The Balaban J connectivity index is 1.67. The number of nitrogens with one attached hydrogen (secondary N) is 2. The lowest BCUT2D eigenvalue weighted by Crippen LogP contribution is -2.17. The van der Waals surface area contributed by atoms with E-state index in [1.807, 2.05) is 13.0 Å². The van der Waals surface area contributed by atoms with Crippen molar-refractivity contribution in [2.24, 2.45) is 5.10 Å². The average molecular weight is 284 g/mol. The van der Waals surface area contributed by atoms with Crippen molar-refractivity contribution in [2.45, 2.75) is 6.92 Å². The minimum atomic E-state index is -0.427. The van der Waals surface area contributed by atoms with Crippen molar-refractivity contribution in [3.05, 3.63) is 53.8 Å². The van der Waals surface area contributed by atoms with Gasteiger partial charge in [-0.2, -0.15) is 10.2 Å². The summed E-state index contributed by atoms with van der Waals surface area (Å²) in [5, 5.41) is 10.4. The summed E-state index contributed by atoms with van der Waals surface area (Å²) < 4.78 is 10.5. The lowest BCUT2D eigenvalue weighted by atomic mass is 10.3. The van der Waals surface area contributed by atoms with Gasteiger partial charge in [-0.25, -0.2) is 5.43 Å². The molecular weight excluding hydrogens is 272 g/mol. The number of amides is 1. The van der Waals surface area contributed by atoms with Crippen LogP contribution < -0.4 is 5.43 Å². The highest BCUT2D eigenvalue weighted by Crippen LogP contribution is 2.20. The number of carbonyl (C=O) groups excluding carboxylic acids is 1. The van der Waals surface area contributed by atoms with Crippen LogP contribution in [0.25, 0.3) is 11.5 Å². The summed E-state index contributed by atoms with van der Waals surface area (Å²) >= 11 is 0. The molecule has 0 aliphatic rings. The Morgan fingerprint density at radius 2 is 2.33 bits per heavy atom. The van der Waals surface area contributed by atoms with Gasteiger partial charge in [-0.15, -0.1) is 0 Å². The molecule has 0 aliphatic heterocycles. The van der Waals surface area contributed by atoms with Crippen molar-refractivity contribution in [1.29, 1.82) is 0 Å². The Kier molecular flexibility index (Phi) is 3.38. The van der Waals surface area contributed by atoms with Crippen LogP contribution in [0.4, 0.5) is 0 Å². The van der Waals surface area contributed by atoms with E-state index in [1.165, 1.54) is 12.5 Å². The molecule has 21 heavy (non-hydrogen) atoms. The Morgan fingerprint density at radius 1 is 1.43 bits per heavy atom. The highest BCUT2D eigenvalue weighted by Gasteiger charge is 2.12.